The van der Waals surface area contributed by atoms with Crippen LogP contribution in [0, 0.1) is 21.4 Å². The summed E-state index contributed by atoms with van der Waals surface area (Å²) in [5.74, 6) is 0.605. The second kappa shape index (κ2) is 8.31. The third-order valence-electron chi connectivity index (χ3n) is 3.33. The SMILES string of the molecule is CCC(C#N)Oc1cccc(CNc2ccc(Br)cc2[N+](=O)[O-])c1. The second-order valence-corrected chi connectivity index (χ2v) is 5.98. The highest BCUT2D eigenvalue weighted by Crippen LogP contribution is 2.28. The van der Waals surface area contributed by atoms with E-state index in [1.165, 1.54) is 6.07 Å². The Labute approximate surface area is 148 Å². The van der Waals surface area contributed by atoms with Gasteiger partial charge in [-0.15, -0.1) is 0 Å². The van der Waals surface area contributed by atoms with E-state index in [0.717, 1.165) is 5.56 Å². The summed E-state index contributed by atoms with van der Waals surface area (Å²) in [6, 6.07) is 14.3. The van der Waals surface area contributed by atoms with Crippen molar-refractivity contribution in [2.75, 3.05) is 5.32 Å². The lowest BCUT2D eigenvalue weighted by atomic mass is 10.2. The van der Waals surface area contributed by atoms with E-state index in [-0.39, 0.29) is 5.69 Å². The topological polar surface area (TPSA) is 88.2 Å². The van der Waals surface area contributed by atoms with E-state index in [1.54, 1.807) is 18.2 Å². The van der Waals surface area contributed by atoms with Crippen LogP contribution in [0.3, 0.4) is 0 Å². The molecule has 0 heterocycles. The summed E-state index contributed by atoms with van der Waals surface area (Å²) in [6.45, 7) is 2.29. The van der Waals surface area contributed by atoms with Crippen molar-refractivity contribution in [1.82, 2.24) is 0 Å². The lowest BCUT2D eigenvalue weighted by Gasteiger charge is -2.12. The lowest BCUT2D eigenvalue weighted by Crippen LogP contribution is -2.12. The highest BCUT2D eigenvalue weighted by atomic mass is 79.9. The van der Waals surface area contributed by atoms with Crippen molar-refractivity contribution in [3.63, 3.8) is 0 Å². The lowest BCUT2D eigenvalue weighted by molar-refractivity contribution is -0.384. The van der Waals surface area contributed by atoms with Crippen LogP contribution in [0.1, 0.15) is 18.9 Å². The van der Waals surface area contributed by atoms with E-state index >= 15 is 0 Å². The van der Waals surface area contributed by atoms with Crippen LogP contribution in [0.15, 0.2) is 46.9 Å². The number of benzene rings is 2. The molecule has 1 atom stereocenters. The zero-order valence-electron chi connectivity index (χ0n) is 13.0. The zero-order chi connectivity index (χ0) is 17.5. The number of hydrogen-bond acceptors (Lipinski definition) is 5. The minimum absolute atomic E-state index is 0.00677. The Bertz CT molecular complexity index is 774. The van der Waals surface area contributed by atoms with E-state index < -0.39 is 11.0 Å². The van der Waals surface area contributed by atoms with Crippen LogP contribution in [-0.4, -0.2) is 11.0 Å². The van der Waals surface area contributed by atoms with Crippen molar-refractivity contribution in [2.24, 2.45) is 0 Å². The molecule has 2 rings (SSSR count). The molecular weight excluding hydrogens is 374 g/mol. The molecule has 0 bridgehead atoms. The van der Waals surface area contributed by atoms with E-state index in [2.05, 4.69) is 27.3 Å². The fraction of sp³-hybridized carbons (Fsp3) is 0.235. The first-order valence-corrected chi connectivity index (χ1v) is 8.15. The summed E-state index contributed by atoms with van der Waals surface area (Å²) < 4.78 is 6.23. The summed E-state index contributed by atoms with van der Waals surface area (Å²) in [6.07, 6.45) is 0.116. The minimum atomic E-state index is -0.485. The van der Waals surface area contributed by atoms with Crippen LogP contribution in [0.4, 0.5) is 11.4 Å². The third-order valence-corrected chi connectivity index (χ3v) is 3.82. The predicted octanol–water partition coefficient (Wildman–Crippen LogP) is 4.65. The molecule has 0 spiro atoms. The maximum atomic E-state index is 11.1. The second-order valence-electron chi connectivity index (χ2n) is 5.06. The molecule has 2 aromatic rings. The Hall–Kier alpha value is -2.59. The van der Waals surface area contributed by atoms with E-state index in [1.807, 2.05) is 25.1 Å². The Balaban J connectivity index is 2.10. The van der Waals surface area contributed by atoms with Gasteiger partial charge in [0.25, 0.3) is 5.69 Å². The summed E-state index contributed by atoms with van der Waals surface area (Å²) >= 11 is 3.23. The Morgan fingerprint density at radius 3 is 2.83 bits per heavy atom. The van der Waals surface area contributed by atoms with E-state index in [4.69, 9.17) is 10.00 Å². The molecule has 6 nitrogen and oxygen atoms in total. The number of nitrogens with one attached hydrogen (secondary N) is 1. The molecule has 7 heteroatoms. The molecule has 0 aliphatic rings. The van der Waals surface area contributed by atoms with Crippen molar-refractivity contribution in [3.8, 4) is 11.8 Å². The van der Waals surface area contributed by atoms with Crippen molar-refractivity contribution in [2.45, 2.75) is 26.0 Å². The number of nitro benzene ring substituents is 1. The number of nitro groups is 1. The maximum Gasteiger partial charge on any atom is 0.293 e. The van der Waals surface area contributed by atoms with Crippen LogP contribution < -0.4 is 10.1 Å². The molecule has 2 aromatic carbocycles. The van der Waals surface area contributed by atoms with Gasteiger partial charge in [-0.05, 0) is 36.2 Å². The van der Waals surface area contributed by atoms with Crippen LogP contribution in [0.25, 0.3) is 0 Å². The monoisotopic (exact) mass is 389 g/mol. The maximum absolute atomic E-state index is 11.1. The van der Waals surface area contributed by atoms with Crippen molar-refractivity contribution < 1.29 is 9.66 Å². The van der Waals surface area contributed by atoms with Crippen molar-refractivity contribution >= 4 is 27.3 Å². The van der Waals surface area contributed by atoms with Gasteiger partial charge in [0, 0.05) is 17.1 Å². The average molecular weight is 390 g/mol. The third kappa shape index (κ3) is 4.70. The summed E-state index contributed by atoms with van der Waals surface area (Å²) in [5, 5.41) is 23.1. The molecule has 24 heavy (non-hydrogen) atoms. The largest absolute Gasteiger partial charge is 0.476 e. The van der Waals surface area contributed by atoms with Crippen LogP contribution >= 0.6 is 15.9 Å². The first-order valence-electron chi connectivity index (χ1n) is 7.36. The van der Waals surface area contributed by atoms with Gasteiger partial charge in [-0.3, -0.25) is 10.1 Å². The van der Waals surface area contributed by atoms with Gasteiger partial charge in [0.2, 0.25) is 0 Å². The number of halogens is 1. The number of nitrogens with zero attached hydrogens (tertiary/aromatic N) is 2. The molecule has 0 amide bonds. The zero-order valence-corrected chi connectivity index (χ0v) is 14.6. The molecule has 124 valence electrons. The van der Waals surface area contributed by atoms with Gasteiger partial charge in [-0.2, -0.15) is 5.26 Å². The molecule has 1 N–H and O–H groups in total. The Kier molecular flexibility index (Phi) is 6.15. The number of ether oxygens (including phenoxy) is 1. The standard InChI is InChI=1S/C17H16BrN3O3/c1-2-14(10-19)24-15-5-3-4-12(8-15)11-20-16-7-6-13(18)9-17(16)21(22)23/h3-9,14,20H,2,11H2,1H3. The van der Waals surface area contributed by atoms with Gasteiger partial charge in [-0.1, -0.05) is 35.0 Å². The number of rotatable bonds is 7. The van der Waals surface area contributed by atoms with Gasteiger partial charge >= 0.3 is 0 Å². The van der Waals surface area contributed by atoms with E-state index in [0.29, 0.717) is 28.9 Å². The molecule has 0 aliphatic carbocycles. The Morgan fingerprint density at radius 1 is 1.38 bits per heavy atom. The normalized spacial score (nSPS) is 11.4. The number of hydrogen-bond donors (Lipinski definition) is 1. The van der Waals surface area contributed by atoms with Gasteiger partial charge < -0.3 is 10.1 Å². The van der Waals surface area contributed by atoms with Gasteiger partial charge in [0.05, 0.1) is 4.92 Å². The molecule has 0 saturated carbocycles. The Morgan fingerprint density at radius 2 is 2.17 bits per heavy atom. The van der Waals surface area contributed by atoms with Gasteiger partial charge in [0.15, 0.2) is 6.10 Å². The van der Waals surface area contributed by atoms with Crippen LogP contribution in [-0.2, 0) is 6.54 Å². The molecule has 0 aromatic heterocycles. The van der Waals surface area contributed by atoms with Gasteiger partial charge in [-0.25, -0.2) is 0 Å². The fourth-order valence-electron chi connectivity index (χ4n) is 2.10. The summed E-state index contributed by atoms with van der Waals surface area (Å²) in [4.78, 5) is 10.7. The van der Waals surface area contributed by atoms with Crippen molar-refractivity contribution in [3.05, 3.63) is 62.6 Å². The first kappa shape index (κ1) is 17.8. The minimum Gasteiger partial charge on any atom is -0.476 e. The van der Waals surface area contributed by atoms with E-state index in [9.17, 15) is 10.1 Å². The highest BCUT2D eigenvalue weighted by Gasteiger charge is 2.14. The molecule has 0 radical (unpaired) electrons. The van der Waals surface area contributed by atoms with Crippen LogP contribution in [0.2, 0.25) is 0 Å². The quantitative estimate of drug-likeness (QED) is 0.549. The van der Waals surface area contributed by atoms with Crippen molar-refractivity contribution in [1.29, 1.82) is 5.26 Å². The average Bonchev–Trinajstić information content (AvgIpc) is 2.58. The predicted molar refractivity (Wildman–Crippen MR) is 94.9 cm³/mol. The molecule has 0 saturated heterocycles. The molecule has 0 aliphatic heterocycles. The number of nitriles is 1. The molecule has 1 unspecified atom stereocenters. The molecular formula is C17H16BrN3O3. The van der Waals surface area contributed by atoms with Crippen LogP contribution in [0.5, 0.6) is 5.75 Å². The number of anilines is 1. The highest BCUT2D eigenvalue weighted by molar-refractivity contribution is 9.10. The smallest absolute Gasteiger partial charge is 0.293 e. The summed E-state index contributed by atoms with van der Waals surface area (Å²) in [7, 11) is 0. The van der Waals surface area contributed by atoms with Gasteiger partial charge in [0.1, 0.15) is 17.5 Å². The summed E-state index contributed by atoms with van der Waals surface area (Å²) in [5.41, 5.74) is 1.35. The molecule has 0 fully saturated rings. The fourth-order valence-corrected chi connectivity index (χ4v) is 2.45. The first-order chi connectivity index (χ1) is 11.5.